The van der Waals surface area contributed by atoms with Crippen molar-refractivity contribution < 1.29 is 32.8 Å². The molecule has 1 saturated heterocycles. The van der Waals surface area contributed by atoms with E-state index >= 15 is 0 Å². The Balaban J connectivity index is 2.64. The Morgan fingerprint density at radius 3 is 2.11 bits per heavy atom. The summed E-state index contributed by atoms with van der Waals surface area (Å²) in [5.41, 5.74) is -1.69. The number of nitrogens with zero attached hydrogens (tertiary/aromatic N) is 1. The first-order valence-electron chi connectivity index (χ1n) is 14.4. The van der Waals surface area contributed by atoms with Gasteiger partial charge in [0.15, 0.2) is 0 Å². The molecule has 0 saturated carbocycles. The van der Waals surface area contributed by atoms with Crippen LogP contribution >= 0.6 is 23.8 Å². The highest BCUT2D eigenvalue weighted by molar-refractivity contribution is 9.09. The van der Waals surface area contributed by atoms with Gasteiger partial charge in [0.2, 0.25) is 0 Å². The average molecular weight is 627 g/mol. The maximum absolute atomic E-state index is 13.1. The van der Waals surface area contributed by atoms with E-state index in [9.17, 15) is 14.3 Å². The van der Waals surface area contributed by atoms with E-state index < -0.39 is 37.4 Å². The SMILES string of the molecule is CCCCCCCCCCCCC/C=C/C1OC(C)(C)N(C(=O)OC(C)(C)C)[C@H]1COP(=O)(O)OCCBr. The monoisotopic (exact) mass is 625 g/mol. The molecule has 38 heavy (non-hydrogen) atoms. The molecule has 0 aromatic rings. The first kappa shape index (κ1) is 35.6. The van der Waals surface area contributed by atoms with Crippen LogP contribution in [0.3, 0.4) is 0 Å². The van der Waals surface area contributed by atoms with Crippen LogP contribution < -0.4 is 0 Å². The summed E-state index contributed by atoms with van der Waals surface area (Å²) in [6.45, 7) is 11.0. The summed E-state index contributed by atoms with van der Waals surface area (Å²) in [5.74, 6) is 0. The number of halogens is 1. The van der Waals surface area contributed by atoms with Crippen LogP contribution in [0.5, 0.6) is 0 Å². The van der Waals surface area contributed by atoms with Gasteiger partial charge in [-0.2, -0.15) is 0 Å². The molecule has 1 aliphatic heterocycles. The summed E-state index contributed by atoms with van der Waals surface area (Å²) in [7, 11) is -4.28. The van der Waals surface area contributed by atoms with Crippen molar-refractivity contribution in [3.8, 4) is 0 Å². The zero-order valence-electron chi connectivity index (χ0n) is 24.6. The lowest BCUT2D eigenvalue weighted by Crippen LogP contribution is -2.51. The topological polar surface area (TPSA) is 94.5 Å². The van der Waals surface area contributed by atoms with Crippen LogP contribution in [0.2, 0.25) is 0 Å². The van der Waals surface area contributed by atoms with Gasteiger partial charge in [0, 0.05) is 5.33 Å². The Morgan fingerprint density at radius 1 is 1.03 bits per heavy atom. The summed E-state index contributed by atoms with van der Waals surface area (Å²) in [6.07, 6.45) is 18.1. The smallest absolute Gasteiger partial charge is 0.444 e. The number of phosphoric acid groups is 1. The number of alkyl halides is 1. The molecule has 0 aliphatic carbocycles. The number of allylic oxidation sites excluding steroid dienone is 1. The molecule has 1 fully saturated rings. The summed E-state index contributed by atoms with van der Waals surface area (Å²) in [5, 5.41) is 0.398. The number of unbranched alkanes of at least 4 members (excludes halogenated alkanes) is 11. The molecule has 0 spiro atoms. The molecule has 8 nitrogen and oxygen atoms in total. The molecule has 1 heterocycles. The summed E-state index contributed by atoms with van der Waals surface area (Å²) in [4.78, 5) is 24.6. The maximum Gasteiger partial charge on any atom is 0.472 e. The molecule has 1 N–H and O–H groups in total. The second-order valence-corrected chi connectivity index (χ2v) is 13.7. The van der Waals surface area contributed by atoms with Crippen LogP contribution in [0, 0.1) is 0 Å². The van der Waals surface area contributed by atoms with Crippen molar-refractivity contribution in [1.29, 1.82) is 0 Å². The van der Waals surface area contributed by atoms with E-state index in [2.05, 4.69) is 28.9 Å². The molecule has 224 valence electrons. The highest BCUT2D eigenvalue weighted by atomic mass is 79.9. The molecule has 1 amide bonds. The number of hydrogen-bond donors (Lipinski definition) is 1. The van der Waals surface area contributed by atoms with Crippen molar-refractivity contribution in [1.82, 2.24) is 4.90 Å². The van der Waals surface area contributed by atoms with Gasteiger partial charge in [-0.3, -0.25) is 13.9 Å². The zero-order valence-corrected chi connectivity index (χ0v) is 27.1. The van der Waals surface area contributed by atoms with Crippen LogP contribution in [0.4, 0.5) is 4.79 Å². The van der Waals surface area contributed by atoms with Crippen molar-refractivity contribution in [3.05, 3.63) is 12.2 Å². The lowest BCUT2D eigenvalue weighted by molar-refractivity contribution is -0.0724. The Morgan fingerprint density at radius 2 is 1.58 bits per heavy atom. The quantitative estimate of drug-likeness (QED) is 0.0665. The highest BCUT2D eigenvalue weighted by Gasteiger charge is 2.51. The van der Waals surface area contributed by atoms with Crippen molar-refractivity contribution in [2.45, 2.75) is 142 Å². The Labute approximate surface area is 239 Å². The number of hydrogen-bond acceptors (Lipinski definition) is 6. The van der Waals surface area contributed by atoms with E-state index in [1.807, 2.05) is 6.08 Å². The molecule has 3 atom stereocenters. The summed E-state index contributed by atoms with van der Waals surface area (Å²) < 4.78 is 34.3. The minimum Gasteiger partial charge on any atom is -0.444 e. The Kier molecular flexibility index (Phi) is 16.9. The largest absolute Gasteiger partial charge is 0.472 e. The lowest BCUT2D eigenvalue weighted by Gasteiger charge is -2.35. The number of rotatable bonds is 19. The van der Waals surface area contributed by atoms with E-state index in [1.165, 1.54) is 69.1 Å². The molecule has 10 heteroatoms. The molecule has 1 aliphatic rings. The zero-order chi connectivity index (χ0) is 28.7. The standard InChI is InChI=1S/C28H53BrNO7P/c1-7-8-9-10-11-12-13-14-15-16-17-18-19-20-25-24(23-35-38(32,33)34-22-21-29)30(28(5,6)36-25)26(31)37-27(2,3)4/h19-20,24-25H,7-18,21-23H2,1-6H3,(H,32,33)/b20-19+/t24-,25?/m0/s1. The number of phosphoric ester groups is 1. The predicted molar refractivity (Wildman–Crippen MR) is 157 cm³/mol. The minimum absolute atomic E-state index is 0.0263. The van der Waals surface area contributed by atoms with E-state index in [4.69, 9.17) is 18.5 Å². The lowest BCUT2D eigenvalue weighted by atomic mass is 10.0. The predicted octanol–water partition coefficient (Wildman–Crippen LogP) is 8.51. The van der Waals surface area contributed by atoms with Gasteiger partial charge < -0.3 is 14.4 Å². The normalized spacial score (nSPS) is 21.2. The maximum atomic E-state index is 13.1. The van der Waals surface area contributed by atoms with Gasteiger partial charge >= 0.3 is 13.9 Å². The van der Waals surface area contributed by atoms with Gasteiger partial charge in [-0.05, 0) is 47.5 Å². The van der Waals surface area contributed by atoms with Crippen molar-refractivity contribution >= 4 is 29.8 Å². The van der Waals surface area contributed by atoms with Crippen molar-refractivity contribution in [2.75, 3.05) is 18.5 Å². The summed E-state index contributed by atoms with van der Waals surface area (Å²) >= 11 is 3.16. The molecule has 1 rings (SSSR count). The Hall–Kier alpha value is -0.440. The first-order chi connectivity index (χ1) is 17.8. The van der Waals surface area contributed by atoms with Gasteiger partial charge in [0.1, 0.15) is 17.4 Å². The first-order valence-corrected chi connectivity index (χ1v) is 17.0. The van der Waals surface area contributed by atoms with Crippen molar-refractivity contribution in [3.63, 3.8) is 0 Å². The molecular formula is C28H53BrNO7P. The van der Waals surface area contributed by atoms with E-state index in [0.29, 0.717) is 5.33 Å². The number of carbonyl (C=O) groups is 1. The van der Waals surface area contributed by atoms with E-state index in [0.717, 1.165) is 12.8 Å². The van der Waals surface area contributed by atoms with Crippen LogP contribution in [-0.4, -0.2) is 57.9 Å². The molecule has 0 radical (unpaired) electrons. The molecule has 0 aromatic heterocycles. The number of amides is 1. The molecular weight excluding hydrogens is 573 g/mol. The number of ether oxygens (including phenoxy) is 2. The van der Waals surface area contributed by atoms with Crippen molar-refractivity contribution in [2.24, 2.45) is 0 Å². The van der Waals surface area contributed by atoms with Gasteiger partial charge in [-0.15, -0.1) is 0 Å². The van der Waals surface area contributed by atoms with Crippen LogP contribution in [0.15, 0.2) is 12.2 Å². The third-order valence-electron chi connectivity index (χ3n) is 6.35. The average Bonchev–Trinajstić information content (AvgIpc) is 3.07. The van der Waals surface area contributed by atoms with E-state index in [1.54, 1.807) is 34.6 Å². The van der Waals surface area contributed by atoms with Crippen LogP contribution in [-0.2, 0) is 23.1 Å². The molecule has 0 aromatic carbocycles. The fourth-order valence-electron chi connectivity index (χ4n) is 4.53. The highest BCUT2D eigenvalue weighted by Crippen LogP contribution is 2.45. The third-order valence-corrected chi connectivity index (χ3v) is 7.65. The van der Waals surface area contributed by atoms with Crippen LogP contribution in [0.1, 0.15) is 119 Å². The third kappa shape index (κ3) is 14.8. The van der Waals surface area contributed by atoms with Crippen LogP contribution in [0.25, 0.3) is 0 Å². The minimum atomic E-state index is -4.28. The fourth-order valence-corrected chi connectivity index (χ4v) is 5.68. The van der Waals surface area contributed by atoms with E-state index in [-0.39, 0.29) is 13.2 Å². The molecule has 2 unspecified atom stereocenters. The molecule has 0 bridgehead atoms. The summed E-state index contributed by atoms with van der Waals surface area (Å²) in [6, 6.07) is -0.651. The fraction of sp³-hybridized carbons (Fsp3) is 0.893. The van der Waals surface area contributed by atoms with Gasteiger partial charge in [0.05, 0.1) is 19.3 Å². The second kappa shape index (κ2) is 18.1. The van der Waals surface area contributed by atoms with Gasteiger partial charge in [0.25, 0.3) is 0 Å². The second-order valence-electron chi connectivity index (χ2n) is 11.5. The van der Waals surface area contributed by atoms with Gasteiger partial charge in [-0.1, -0.05) is 99.2 Å². The number of carbonyl (C=O) groups excluding carboxylic acids is 1. The Bertz CT molecular complexity index is 741. The van der Waals surface area contributed by atoms with Gasteiger partial charge in [-0.25, -0.2) is 9.36 Å².